The molecule has 0 aromatic heterocycles. The lowest BCUT2D eigenvalue weighted by atomic mass is 10.2. The third kappa shape index (κ3) is 6.29. The third-order valence-corrected chi connectivity index (χ3v) is 3.33. The molecule has 1 aromatic rings. The Morgan fingerprint density at radius 3 is 2.53 bits per heavy atom. The number of hydrogen-bond donors (Lipinski definition) is 0. The van der Waals surface area contributed by atoms with E-state index in [1.165, 1.54) is 11.8 Å². The van der Waals surface area contributed by atoms with Gasteiger partial charge in [-0.1, -0.05) is 30.3 Å². The van der Waals surface area contributed by atoms with Gasteiger partial charge in [0.2, 0.25) is 5.91 Å². The molecule has 1 aromatic carbocycles. The van der Waals surface area contributed by atoms with Gasteiger partial charge >= 0.3 is 5.97 Å². The monoisotopic (exact) mass is 281 g/mol. The van der Waals surface area contributed by atoms with E-state index in [2.05, 4.69) is 0 Å². The molecule has 0 unspecified atom stereocenters. The van der Waals surface area contributed by atoms with Crippen molar-refractivity contribution < 1.29 is 14.3 Å². The van der Waals surface area contributed by atoms with Crippen LogP contribution in [0.25, 0.3) is 0 Å². The normalized spacial score (nSPS) is 10.0. The highest BCUT2D eigenvalue weighted by Gasteiger charge is 2.10. The van der Waals surface area contributed by atoms with E-state index in [-0.39, 0.29) is 17.6 Å². The van der Waals surface area contributed by atoms with Crippen LogP contribution in [-0.4, -0.2) is 41.9 Å². The van der Waals surface area contributed by atoms with Gasteiger partial charge in [-0.3, -0.25) is 9.59 Å². The molecule has 0 atom stereocenters. The first-order valence-corrected chi connectivity index (χ1v) is 7.30. The lowest BCUT2D eigenvalue weighted by molar-refractivity contribution is -0.139. The first kappa shape index (κ1) is 15.6. The highest BCUT2D eigenvalue weighted by Crippen LogP contribution is 2.06. The summed E-state index contributed by atoms with van der Waals surface area (Å²) < 4.78 is 4.80. The van der Waals surface area contributed by atoms with Crippen molar-refractivity contribution in [3.63, 3.8) is 0 Å². The first-order chi connectivity index (χ1) is 9.13. The molecule has 0 saturated heterocycles. The quantitative estimate of drug-likeness (QED) is 0.717. The van der Waals surface area contributed by atoms with Crippen LogP contribution in [0, 0.1) is 0 Å². The summed E-state index contributed by atoms with van der Waals surface area (Å²) in [6, 6.07) is 9.80. The van der Waals surface area contributed by atoms with Gasteiger partial charge in [-0.15, -0.1) is 11.8 Å². The maximum Gasteiger partial charge on any atom is 0.315 e. The summed E-state index contributed by atoms with van der Waals surface area (Å²) in [6.07, 6.45) is 0. The molecule has 0 N–H and O–H groups in total. The molecular formula is C14H19NO3S. The number of thioether (sulfide) groups is 1. The molecule has 1 amide bonds. The summed E-state index contributed by atoms with van der Waals surface area (Å²) in [6.45, 7) is 2.72. The highest BCUT2D eigenvalue weighted by molar-refractivity contribution is 8.00. The number of rotatable bonds is 7. The van der Waals surface area contributed by atoms with Crippen LogP contribution in [-0.2, 0) is 20.9 Å². The van der Waals surface area contributed by atoms with Crippen LogP contribution in [0.15, 0.2) is 30.3 Å². The van der Waals surface area contributed by atoms with Crippen LogP contribution in [0.3, 0.4) is 0 Å². The van der Waals surface area contributed by atoms with Crippen LogP contribution in [0.1, 0.15) is 12.5 Å². The number of hydrogen-bond acceptors (Lipinski definition) is 4. The van der Waals surface area contributed by atoms with Gasteiger partial charge in [0.05, 0.1) is 18.1 Å². The number of carbonyl (C=O) groups is 2. The number of amides is 1. The Bertz CT molecular complexity index is 408. The highest BCUT2D eigenvalue weighted by atomic mass is 32.2. The summed E-state index contributed by atoms with van der Waals surface area (Å²) in [7, 11) is 1.76. The zero-order chi connectivity index (χ0) is 14.1. The summed E-state index contributed by atoms with van der Waals surface area (Å²) >= 11 is 1.28. The molecule has 0 heterocycles. The van der Waals surface area contributed by atoms with E-state index >= 15 is 0 Å². The Hall–Kier alpha value is -1.49. The number of carbonyl (C=O) groups excluding carboxylic acids is 2. The van der Waals surface area contributed by atoms with Gasteiger partial charge in [0.15, 0.2) is 0 Å². The largest absolute Gasteiger partial charge is 0.465 e. The maximum atomic E-state index is 11.8. The minimum absolute atomic E-state index is 0.0122. The fraction of sp³-hybridized carbons (Fsp3) is 0.429. The Morgan fingerprint density at radius 2 is 1.89 bits per heavy atom. The molecule has 0 aliphatic carbocycles. The predicted molar refractivity (Wildman–Crippen MR) is 76.9 cm³/mol. The number of esters is 1. The SMILES string of the molecule is CCOC(=O)CSCC(=O)N(C)Cc1ccccc1. The van der Waals surface area contributed by atoms with Crippen molar-refractivity contribution in [2.45, 2.75) is 13.5 Å². The van der Waals surface area contributed by atoms with Crippen molar-refractivity contribution in [2.24, 2.45) is 0 Å². The maximum absolute atomic E-state index is 11.8. The van der Waals surface area contributed by atoms with E-state index < -0.39 is 0 Å². The molecule has 5 heteroatoms. The van der Waals surface area contributed by atoms with Crippen molar-refractivity contribution in [1.82, 2.24) is 4.90 Å². The standard InChI is InChI=1S/C14H19NO3S/c1-3-18-14(17)11-19-10-13(16)15(2)9-12-7-5-4-6-8-12/h4-8H,3,9-11H2,1-2H3. The van der Waals surface area contributed by atoms with E-state index in [0.29, 0.717) is 18.9 Å². The molecule has 0 bridgehead atoms. The molecule has 0 aliphatic rings. The Kier molecular flexibility index (Phi) is 7.03. The van der Waals surface area contributed by atoms with Crippen molar-refractivity contribution in [3.8, 4) is 0 Å². The third-order valence-electron chi connectivity index (χ3n) is 2.44. The summed E-state index contributed by atoms with van der Waals surface area (Å²) in [4.78, 5) is 24.6. The molecule has 4 nitrogen and oxygen atoms in total. The van der Waals surface area contributed by atoms with Gasteiger partial charge in [-0.2, -0.15) is 0 Å². The molecule has 0 aliphatic heterocycles. The lowest BCUT2D eigenvalue weighted by Gasteiger charge is -2.16. The average Bonchev–Trinajstić information content (AvgIpc) is 2.40. The van der Waals surface area contributed by atoms with Gasteiger partial charge in [0.25, 0.3) is 0 Å². The van der Waals surface area contributed by atoms with Gasteiger partial charge < -0.3 is 9.64 Å². The zero-order valence-electron chi connectivity index (χ0n) is 11.3. The first-order valence-electron chi connectivity index (χ1n) is 6.14. The molecule has 0 radical (unpaired) electrons. The molecule has 0 spiro atoms. The van der Waals surface area contributed by atoms with Gasteiger partial charge in [-0.05, 0) is 12.5 Å². The van der Waals surface area contributed by atoms with Gasteiger partial charge in [0, 0.05) is 13.6 Å². The smallest absolute Gasteiger partial charge is 0.315 e. The van der Waals surface area contributed by atoms with Gasteiger partial charge in [0.1, 0.15) is 0 Å². The number of nitrogens with zero attached hydrogens (tertiary/aromatic N) is 1. The Morgan fingerprint density at radius 1 is 1.21 bits per heavy atom. The van der Waals surface area contributed by atoms with Crippen LogP contribution in [0.4, 0.5) is 0 Å². The van der Waals surface area contributed by atoms with Crippen LogP contribution < -0.4 is 0 Å². The van der Waals surface area contributed by atoms with E-state index in [1.54, 1.807) is 18.9 Å². The van der Waals surface area contributed by atoms with Crippen molar-refractivity contribution in [3.05, 3.63) is 35.9 Å². The van der Waals surface area contributed by atoms with Gasteiger partial charge in [-0.25, -0.2) is 0 Å². The lowest BCUT2D eigenvalue weighted by Crippen LogP contribution is -2.28. The minimum Gasteiger partial charge on any atom is -0.465 e. The van der Waals surface area contributed by atoms with Crippen molar-refractivity contribution >= 4 is 23.6 Å². The number of benzene rings is 1. The van der Waals surface area contributed by atoms with Crippen LogP contribution in [0.5, 0.6) is 0 Å². The fourth-order valence-electron chi connectivity index (χ4n) is 1.48. The summed E-state index contributed by atoms with van der Waals surface area (Å²) in [5.41, 5.74) is 1.09. The molecule has 1 rings (SSSR count). The van der Waals surface area contributed by atoms with Crippen LogP contribution in [0.2, 0.25) is 0 Å². The van der Waals surface area contributed by atoms with E-state index in [0.717, 1.165) is 5.56 Å². The topological polar surface area (TPSA) is 46.6 Å². The number of ether oxygens (including phenoxy) is 1. The second kappa shape index (κ2) is 8.58. The molecular weight excluding hydrogens is 262 g/mol. The zero-order valence-corrected chi connectivity index (χ0v) is 12.1. The molecule has 0 fully saturated rings. The summed E-state index contributed by atoms with van der Waals surface area (Å²) in [5, 5.41) is 0. The molecule has 19 heavy (non-hydrogen) atoms. The van der Waals surface area contributed by atoms with Crippen molar-refractivity contribution in [2.75, 3.05) is 25.2 Å². The average molecular weight is 281 g/mol. The van der Waals surface area contributed by atoms with E-state index in [1.807, 2.05) is 30.3 Å². The minimum atomic E-state index is -0.272. The second-order valence-electron chi connectivity index (χ2n) is 4.03. The fourth-order valence-corrected chi connectivity index (χ4v) is 2.23. The van der Waals surface area contributed by atoms with Crippen molar-refractivity contribution in [1.29, 1.82) is 0 Å². The predicted octanol–water partition coefficient (Wildman–Crippen LogP) is 1.94. The summed E-state index contributed by atoms with van der Waals surface area (Å²) in [5.74, 6) is 0.255. The van der Waals surface area contributed by atoms with Crippen LogP contribution >= 0.6 is 11.8 Å². The molecule has 104 valence electrons. The van der Waals surface area contributed by atoms with E-state index in [9.17, 15) is 9.59 Å². The Balaban J connectivity index is 2.27. The van der Waals surface area contributed by atoms with E-state index in [4.69, 9.17) is 4.74 Å². The Labute approximate surface area is 118 Å². The second-order valence-corrected chi connectivity index (χ2v) is 5.02. The molecule has 0 saturated carbocycles.